The number of Topliss-reactive ketones (excluding diaryl/α,β-unsaturated/α-hetero) is 1. The van der Waals surface area contributed by atoms with Gasteiger partial charge in [-0.15, -0.1) is 0 Å². The van der Waals surface area contributed by atoms with Crippen molar-refractivity contribution in [3.05, 3.63) is 0 Å². The lowest BCUT2D eigenvalue weighted by molar-refractivity contribution is -0.128. The SMILES string of the molecule is CC1CC(=O)C(CN2CCSC(C)(C)CC2)C(C)C1. The summed E-state index contributed by atoms with van der Waals surface area (Å²) in [4.78, 5) is 14.8. The first-order chi connectivity index (χ1) is 8.87. The molecule has 0 amide bonds. The van der Waals surface area contributed by atoms with Gasteiger partial charge in [0, 0.05) is 35.9 Å². The van der Waals surface area contributed by atoms with E-state index in [0.29, 0.717) is 28.3 Å². The minimum absolute atomic E-state index is 0.294. The molecule has 0 aromatic heterocycles. The maximum atomic E-state index is 12.3. The van der Waals surface area contributed by atoms with Crippen molar-refractivity contribution in [3.8, 4) is 0 Å². The second-order valence-electron chi connectivity index (χ2n) is 7.25. The highest BCUT2D eigenvalue weighted by molar-refractivity contribution is 8.00. The Balaban J connectivity index is 1.91. The molecule has 0 aromatic carbocycles. The zero-order chi connectivity index (χ0) is 14.0. The summed E-state index contributed by atoms with van der Waals surface area (Å²) in [7, 11) is 0. The molecule has 0 aromatic rings. The van der Waals surface area contributed by atoms with Crippen molar-refractivity contribution in [2.45, 2.75) is 51.7 Å². The fourth-order valence-corrected chi connectivity index (χ4v) is 4.64. The summed E-state index contributed by atoms with van der Waals surface area (Å²) in [5, 5.41) is 0. The van der Waals surface area contributed by atoms with E-state index in [9.17, 15) is 4.79 Å². The van der Waals surface area contributed by atoms with Gasteiger partial charge in [0.1, 0.15) is 5.78 Å². The van der Waals surface area contributed by atoms with Crippen LogP contribution in [0.4, 0.5) is 0 Å². The van der Waals surface area contributed by atoms with Crippen molar-refractivity contribution in [1.82, 2.24) is 4.90 Å². The van der Waals surface area contributed by atoms with E-state index in [2.05, 4.69) is 44.4 Å². The summed E-state index contributed by atoms with van der Waals surface area (Å²) in [5.41, 5.74) is 0. The number of ketones is 1. The summed E-state index contributed by atoms with van der Waals surface area (Å²) in [5.74, 6) is 3.18. The van der Waals surface area contributed by atoms with Gasteiger partial charge < -0.3 is 4.90 Å². The Morgan fingerprint density at radius 3 is 2.74 bits per heavy atom. The molecule has 1 aliphatic carbocycles. The molecular formula is C16H29NOS. The molecule has 1 aliphatic heterocycles. The molecule has 3 unspecified atom stereocenters. The Hall–Kier alpha value is -0.0200. The van der Waals surface area contributed by atoms with Gasteiger partial charge >= 0.3 is 0 Å². The number of nitrogens with zero attached hydrogens (tertiary/aromatic N) is 1. The van der Waals surface area contributed by atoms with Crippen molar-refractivity contribution >= 4 is 17.5 Å². The van der Waals surface area contributed by atoms with Crippen LogP contribution in [0.5, 0.6) is 0 Å². The first-order valence-corrected chi connectivity index (χ1v) is 8.75. The average molecular weight is 283 g/mol. The molecule has 2 rings (SSSR count). The van der Waals surface area contributed by atoms with Crippen LogP contribution in [-0.4, -0.2) is 40.8 Å². The monoisotopic (exact) mass is 283 g/mol. The molecule has 1 saturated heterocycles. The molecule has 3 heteroatoms. The van der Waals surface area contributed by atoms with Crippen LogP contribution < -0.4 is 0 Å². The Bertz CT molecular complexity index is 329. The largest absolute Gasteiger partial charge is 0.302 e. The maximum absolute atomic E-state index is 12.3. The van der Waals surface area contributed by atoms with Gasteiger partial charge in [0.2, 0.25) is 0 Å². The maximum Gasteiger partial charge on any atom is 0.137 e. The number of carbonyl (C=O) groups excluding carboxylic acids is 1. The number of carbonyl (C=O) groups is 1. The van der Waals surface area contributed by atoms with Crippen molar-refractivity contribution in [2.24, 2.45) is 17.8 Å². The van der Waals surface area contributed by atoms with Gasteiger partial charge in [-0.05, 0) is 31.2 Å². The molecule has 19 heavy (non-hydrogen) atoms. The lowest BCUT2D eigenvalue weighted by Crippen LogP contribution is -2.41. The van der Waals surface area contributed by atoms with E-state index in [1.807, 2.05) is 0 Å². The van der Waals surface area contributed by atoms with Gasteiger partial charge in [0.05, 0.1) is 0 Å². The van der Waals surface area contributed by atoms with E-state index >= 15 is 0 Å². The van der Waals surface area contributed by atoms with Crippen molar-refractivity contribution in [2.75, 3.05) is 25.4 Å². The molecule has 0 N–H and O–H groups in total. The van der Waals surface area contributed by atoms with Gasteiger partial charge in [0.15, 0.2) is 0 Å². The van der Waals surface area contributed by atoms with E-state index in [-0.39, 0.29) is 0 Å². The van der Waals surface area contributed by atoms with Crippen LogP contribution in [0.25, 0.3) is 0 Å². The Morgan fingerprint density at radius 2 is 2.05 bits per heavy atom. The van der Waals surface area contributed by atoms with Gasteiger partial charge in [-0.1, -0.05) is 27.7 Å². The van der Waals surface area contributed by atoms with Crippen LogP contribution in [0.15, 0.2) is 0 Å². The molecule has 3 atom stereocenters. The van der Waals surface area contributed by atoms with E-state index in [1.54, 1.807) is 0 Å². The third-order valence-corrected chi connectivity index (χ3v) is 6.18. The minimum Gasteiger partial charge on any atom is -0.302 e. The lowest BCUT2D eigenvalue weighted by Gasteiger charge is -2.35. The predicted octanol–water partition coefficient (Wildman–Crippen LogP) is 3.46. The summed E-state index contributed by atoms with van der Waals surface area (Å²) < 4.78 is 0.408. The van der Waals surface area contributed by atoms with E-state index < -0.39 is 0 Å². The van der Waals surface area contributed by atoms with Crippen LogP contribution >= 0.6 is 11.8 Å². The van der Waals surface area contributed by atoms with Crippen LogP contribution in [0, 0.1) is 17.8 Å². The van der Waals surface area contributed by atoms with Crippen molar-refractivity contribution in [3.63, 3.8) is 0 Å². The highest BCUT2D eigenvalue weighted by Gasteiger charge is 2.34. The van der Waals surface area contributed by atoms with Crippen LogP contribution in [0.2, 0.25) is 0 Å². The van der Waals surface area contributed by atoms with E-state index in [1.165, 1.54) is 18.6 Å². The zero-order valence-corrected chi connectivity index (χ0v) is 13.8. The van der Waals surface area contributed by atoms with Gasteiger partial charge in [-0.25, -0.2) is 0 Å². The van der Waals surface area contributed by atoms with Crippen LogP contribution in [0.3, 0.4) is 0 Å². The molecule has 0 radical (unpaired) electrons. The quantitative estimate of drug-likeness (QED) is 0.774. The summed E-state index contributed by atoms with van der Waals surface area (Å²) in [6.45, 7) is 12.5. The number of hydrogen-bond acceptors (Lipinski definition) is 3. The minimum atomic E-state index is 0.294. The van der Waals surface area contributed by atoms with Gasteiger partial charge in [-0.3, -0.25) is 4.79 Å². The summed E-state index contributed by atoms with van der Waals surface area (Å²) >= 11 is 2.08. The molecule has 1 heterocycles. The van der Waals surface area contributed by atoms with Crippen molar-refractivity contribution < 1.29 is 4.79 Å². The molecule has 110 valence electrons. The highest BCUT2D eigenvalue weighted by Crippen LogP contribution is 2.34. The molecule has 1 saturated carbocycles. The summed E-state index contributed by atoms with van der Waals surface area (Å²) in [6.07, 6.45) is 3.27. The lowest BCUT2D eigenvalue weighted by atomic mass is 9.74. The number of thioether (sulfide) groups is 1. The fraction of sp³-hybridized carbons (Fsp3) is 0.938. The normalized spacial score (nSPS) is 37.1. The van der Waals surface area contributed by atoms with Crippen molar-refractivity contribution in [1.29, 1.82) is 0 Å². The molecular weight excluding hydrogens is 254 g/mol. The first-order valence-electron chi connectivity index (χ1n) is 7.76. The molecule has 2 fully saturated rings. The standard InChI is InChI=1S/C16H29NOS/c1-12-9-13(2)14(15(18)10-12)11-17-6-5-16(3,4)19-8-7-17/h12-14H,5-11H2,1-4H3. The highest BCUT2D eigenvalue weighted by atomic mass is 32.2. The smallest absolute Gasteiger partial charge is 0.137 e. The Morgan fingerprint density at radius 1 is 1.32 bits per heavy atom. The predicted molar refractivity (Wildman–Crippen MR) is 83.7 cm³/mol. The second kappa shape index (κ2) is 6.17. The Kier molecular flexibility index (Phi) is 4.99. The van der Waals surface area contributed by atoms with Crippen LogP contribution in [0.1, 0.15) is 47.0 Å². The molecule has 2 aliphatic rings. The van der Waals surface area contributed by atoms with E-state index in [0.717, 1.165) is 26.1 Å². The third kappa shape index (κ3) is 4.22. The molecule has 2 nitrogen and oxygen atoms in total. The van der Waals surface area contributed by atoms with E-state index in [4.69, 9.17) is 0 Å². The molecule has 0 spiro atoms. The topological polar surface area (TPSA) is 20.3 Å². The average Bonchev–Trinajstić information content (AvgIpc) is 2.45. The van der Waals surface area contributed by atoms with Gasteiger partial charge in [-0.2, -0.15) is 11.8 Å². The van der Waals surface area contributed by atoms with Gasteiger partial charge in [0.25, 0.3) is 0 Å². The fourth-order valence-electron chi connectivity index (χ4n) is 3.50. The van der Waals surface area contributed by atoms with Crippen LogP contribution in [-0.2, 0) is 4.79 Å². The first kappa shape index (κ1) is 15.4. The molecule has 0 bridgehead atoms. The second-order valence-corrected chi connectivity index (χ2v) is 9.06. The zero-order valence-electron chi connectivity index (χ0n) is 12.9. The summed E-state index contributed by atoms with van der Waals surface area (Å²) in [6, 6.07) is 0. The Labute approximate surface area is 122 Å². The number of rotatable bonds is 2. The third-order valence-electron chi connectivity index (χ3n) is 4.81. The number of hydrogen-bond donors (Lipinski definition) is 0.